The summed E-state index contributed by atoms with van der Waals surface area (Å²) < 4.78 is 5.76. The first-order valence-corrected chi connectivity index (χ1v) is 6.90. The van der Waals surface area contributed by atoms with Crippen molar-refractivity contribution in [2.45, 2.75) is 59.3 Å². The van der Waals surface area contributed by atoms with Crippen LogP contribution in [-0.2, 0) is 4.74 Å². The highest BCUT2D eigenvalue weighted by Crippen LogP contribution is 2.16. The Kier molecular flexibility index (Phi) is 6.75. The molecule has 0 saturated carbocycles. The summed E-state index contributed by atoms with van der Waals surface area (Å²) in [5.41, 5.74) is 1.25. The standard InChI is InChI=1S/C14H26N2O/c1-4-6-7-8-9-13-14(17-10-5-2)11-15-12(3)16-13/h4-11H2,1-3H3,(H,15,16). The highest BCUT2D eigenvalue weighted by molar-refractivity contribution is 5.82. The number of amidine groups is 1. The third-order valence-electron chi connectivity index (χ3n) is 2.89. The van der Waals surface area contributed by atoms with Crippen molar-refractivity contribution in [2.75, 3.05) is 13.2 Å². The first-order valence-electron chi connectivity index (χ1n) is 6.90. The summed E-state index contributed by atoms with van der Waals surface area (Å²) in [4.78, 5) is 4.38. The minimum atomic E-state index is 0.710. The Bertz CT molecular complexity index is 282. The first-order chi connectivity index (χ1) is 8.27. The topological polar surface area (TPSA) is 33.6 Å². The monoisotopic (exact) mass is 238 g/mol. The summed E-state index contributed by atoms with van der Waals surface area (Å²) >= 11 is 0. The first kappa shape index (κ1) is 14.1. The third kappa shape index (κ3) is 5.24. The van der Waals surface area contributed by atoms with E-state index in [1.807, 2.05) is 6.92 Å². The predicted molar refractivity (Wildman–Crippen MR) is 73.1 cm³/mol. The Morgan fingerprint density at radius 2 is 2.00 bits per heavy atom. The number of aliphatic imine (C=N–C) groups is 1. The number of unbranched alkanes of at least 4 members (excludes halogenated alkanes) is 3. The fraction of sp³-hybridized carbons (Fsp3) is 0.786. The zero-order chi connectivity index (χ0) is 12.5. The van der Waals surface area contributed by atoms with Crippen LogP contribution in [0.25, 0.3) is 0 Å². The molecule has 1 aliphatic heterocycles. The molecule has 0 aromatic carbocycles. The van der Waals surface area contributed by atoms with Crippen molar-refractivity contribution in [2.24, 2.45) is 4.99 Å². The molecule has 0 amide bonds. The second-order valence-electron chi connectivity index (χ2n) is 4.59. The van der Waals surface area contributed by atoms with Crippen LogP contribution in [0.5, 0.6) is 0 Å². The summed E-state index contributed by atoms with van der Waals surface area (Å²) in [6.45, 7) is 7.89. The summed E-state index contributed by atoms with van der Waals surface area (Å²) in [7, 11) is 0. The van der Waals surface area contributed by atoms with Gasteiger partial charge in [0.1, 0.15) is 12.3 Å². The van der Waals surface area contributed by atoms with Gasteiger partial charge in [0.05, 0.1) is 18.1 Å². The van der Waals surface area contributed by atoms with Gasteiger partial charge in [0, 0.05) is 0 Å². The number of ether oxygens (including phenoxy) is 1. The molecule has 0 saturated heterocycles. The molecule has 0 atom stereocenters. The van der Waals surface area contributed by atoms with E-state index in [1.54, 1.807) is 0 Å². The number of nitrogens with one attached hydrogen (secondary N) is 1. The summed E-state index contributed by atoms with van der Waals surface area (Å²) in [5, 5.41) is 3.36. The Balaban J connectivity index is 2.44. The number of allylic oxidation sites excluding steroid dienone is 1. The highest BCUT2D eigenvalue weighted by Gasteiger charge is 2.13. The maximum atomic E-state index is 5.76. The van der Waals surface area contributed by atoms with E-state index >= 15 is 0 Å². The molecule has 1 rings (SSSR count). The Hall–Kier alpha value is -0.990. The van der Waals surface area contributed by atoms with Gasteiger partial charge < -0.3 is 10.1 Å². The van der Waals surface area contributed by atoms with Crippen molar-refractivity contribution in [1.29, 1.82) is 0 Å². The van der Waals surface area contributed by atoms with E-state index in [4.69, 9.17) is 4.74 Å². The van der Waals surface area contributed by atoms with Gasteiger partial charge in [-0.1, -0.05) is 33.1 Å². The SMILES string of the molecule is CCCCCCC1=C(OCCC)CN=C(C)N1. The molecule has 17 heavy (non-hydrogen) atoms. The van der Waals surface area contributed by atoms with Crippen molar-refractivity contribution in [3.8, 4) is 0 Å². The molecule has 0 aliphatic carbocycles. The Morgan fingerprint density at radius 1 is 1.18 bits per heavy atom. The van der Waals surface area contributed by atoms with Crippen LogP contribution in [-0.4, -0.2) is 19.0 Å². The molecule has 0 unspecified atom stereocenters. The maximum Gasteiger partial charge on any atom is 0.137 e. The van der Waals surface area contributed by atoms with Crippen molar-refractivity contribution in [3.63, 3.8) is 0 Å². The Morgan fingerprint density at radius 3 is 2.71 bits per heavy atom. The normalized spacial score (nSPS) is 15.6. The summed E-state index contributed by atoms with van der Waals surface area (Å²) in [6.07, 6.45) is 7.29. The van der Waals surface area contributed by atoms with E-state index in [2.05, 4.69) is 24.2 Å². The quantitative estimate of drug-likeness (QED) is 0.655. The summed E-state index contributed by atoms with van der Waals surface area (Å²) in [5.74, 6) is 2.06. The van der Waals surface area contributed by atoms with Crippen molar-refractivity contribution < 1.29 is 4.74 Å². The van der Waals surface area contributed by atoms with E-state index in [0.717, 1.165) is 31.0 Å². The van der Waals surface area contributed by atoms with Crippen LogP contribution in [0.4, 0.5) is 0 Å². The predicted octanol–water partition coefficient (Wildman–Crippen LogP) is 3.62. The van der Waals surface area contributed by atoms with Crippen LogP contribution in [0, 0.1) is 0 Å². The van der Waals surface area contributed by atoms with Gasteiger partial charge in [0.2, 0.25) is 0 Å². The zero-order valence-corrected chi connectivity index (χ0v) is 11.5. The van der Waals surface area contributed by atoms with Crippen LogP contribution in [0.2, 0.25) is 0 Å². The molecule has 3 heteroatoms. The van der Waals surface area contributed by atoms with Crippen molar-refractivity contribution in [3.05, 3.63) is 11.5 Å². The van der Waals surface area contributed by atoms with Gasteiger partial charge in [-0.15, -0.1) is 0 Å². The van der Waals surface area contributed by atoms with E-state index in [-0.39, 0.29) is 0 Å². The molecule has 0 radical (unpaired) electrons. The lowest BCUT2D eigenvalue weighted by atomic mass is 10.1. The van der Waals surface area contributed by atoms with E-state index < -0.39 is 0 Å². The highest BCUT2D eigenvalue weighted by atomic mass is 16.5. The smallest absolute Gasteiger partial charge is 0.137 e. The average molecular weight is 238 g/mol. The lowest BCUT2D eigenvalue weighted by molar-refractivity contribution is 0.202. The molecule has 0 aromatic heterocycles. The van der Waals surface area contributed by atoms with E-state index in [1.165, 1.54) is 31.4 Å². The number of hydrogen-bond acceptors (Lipinski definition) is 3. The van der Waals surface area contributed by atoms with Gasteiger partial charge in [0.15, 0.2) is 0 Å². The van der Waals surface area contributed by atoms with Crippen LogP contribution in [0.1, 0.15) is 59.3 Å². The third-order valence-corrected chi connectivity index (χ3v) is 2.89. The maximum absolute atomic E-state index is 5.76. The van der Waals surface area contributed by atoms with E-state index in [9.17, 15) is 0 Å². The lowest BCUT2D eigenvalue weighted by Gasteiger charge is -2.21. The molecule has 98 valence electrons. The second kappa shape index (κ2) is 8.15. The van der Waals surface area contributed by atoms with Gasteiger partial charge in [0.25, 0.3) is 0 Å². The van der Waals surface area contributed by atoms with Gasteiger partial charge in [-0.3, -0.25) is 4.99 Å². The second-order valence-corrected chi connectivity index (χ2v) is 4.59. The molecule has 3 nitrogen and oxygen atoms in total. The fourth-order valence-corrected chi connectivity index (χ4v) is 1.90. The average Bonchev–Trinajstić information content (AvgIpc) is 2.33. The molecule has 0 spiro atoms. The van der Waals surface area contributed by atoms with Crippen molar-refractivity contribution in [1.82, 2.24) is 5.32 Å². The molecule has 1 heterocycles. The Labute approximate surface area is 105 Å². The zero-order valence-electron chi connectivity index (χ0n) is 11.5. The van der Waals surface area contributed by atoms with Crippen LogP contribution in [0.3, 0.4) is 0 Å². The van der Waals surface area contributed by atoms with Crippen LogP contribution < -0.4 is 5.32 Å². The molecular weight excluding hydrogens is 212 g/mol. The van der Waals surface area contributed by atoms with E-state index in [0.29, 0.717) is 6.54 Å². The largest absolute Gasteiger partial charge is 0.494 e. The number of rotatable bonds is 8. The van der Waals surface area contributed by atoms with Crippen LogP contribution >= 0.6 is 0 Å². The molecular formula is C14H26N2O. The molecule has 0 bridgehead atoms. The van der Waals surface area contributed by atoms with Crippen LogP contribution in [0.15, 0.2) is 16.4 Å². The fourth-order valence-electron chi connectivity index (χ4n) is 1.90. The van der Waals surface area contributed by atoms with Crippen molar-refractivity contribution >= 4 is 5.84 Å². The van der Waals surface area contributed by atoms with Gasteiger partial charge in [-0.25, -0.2) is 0 Å². The number of hydrogen-bond donors (Lipinski definition) is 1. The van der Waals surface area contributed by atoms with Gasteiger partial charge >= 0.3 is 0 Å². The lowest BCUT2D eigenvalue weighted by Crippen LogP contribution is -2.27. The molecule has 1 aliphatic rings. The van der Waals surface area contributed by atoms with Gasteiger partial charge in [-0.05, 0) is 26.2 Å². The minimum Gasteiger partial charge on any atom is -0.494 e. The van der Waals surface area contributed by atoms with Gasteiger partial charge in [-0.2, -0.15) is 0 Å². The number of nitrogens with zero attached hydrogens (tertiary/aromatic N) is 1. The molecule has 0 aromatic rings. The summed E-state index contributed by atoms with van der Waals surface area (Å²) in [6, 6.07) is 0. The minimum absolute atomic E-state index is 0.710. The molecule has 0 fully saturated rings. The molecule has 1 N–H and O–H groups in total.